The second kappa shape index (κ2) is 40.3. The van der Waals surface area contributed by atoms with Crippen LogP contribution in [0.25, 0.3) is 180 Å². The Balaban J connectivity index is 0.739. The van der Waals surface area contributed by atoms with Crippen molar-refractivity contribution >= 4 is 103 Å². The Labute approximate surface area is 757 Å². The molecule has 0 saturated heterocycles. The van der Waals surface area contributed by atoms with E-state index in [0.29, 0.717) is 31.0 Å². The molecule has 18 rings (SSSR count). The summed E-state index contributed by atoms with van der Waals surface area (Å²) in [6.45, 7) is 15.2. The number of hydrogen-bond donors (Lipinski definition) is 2. The van der Waals surface area contributed by atoms with Crippen LogP contribution in [-0.2, 0) is 0 Å². The van der Waals surface area contributed by atoms with Gasteiger partial charge in [-0.15, -0.1) is 11.3 Å². The van der Waals surface area contributed by atoms with E-state index in [2.05, 4.69) is 355 Å². The second-order valence-corrected chi connectivity index (χ2v) is 35.3. The summed E-state index contributed by atoms with van der Waals surface area (Å²) in [4.78, 5) is 30.5. The number of nitrogens with one attached hydrogen (secondary N) is 2. The van der Waals surface area contributed by atoms with Crippen LogP contribution >= 0.6 is 11.3 Å². The first-order valence-corrected chi connectivity index (χ1v) is 47.1. The minimum absolute atomic E-state index is 0.675. The van der Waals surface area contributed by atoms with Crippen molar-refractivity contribution in [3.63, 3.8) is 0 Å². The normalized spacial score (nSPS) is 12.0. The van der Waals surface area contributed by atoms with Crippen LogP contribution in [0, 0.1) is 32.6 Å². The van der Waals surface area contributed by atoms with Crippen molar-refractivity contribution in [2.45, 2.75) is 157 Å². The molecule has 14 aromatic rings. The molecule has 2 N–H and O–H groups in total. The van der Waals surface area contributed by atoms with Gasteiger partial charge in [0.1, 0.15) is 28.4 Å². The summed E-state index contributed by atoms with van der Waals surface area (Å²) in [6, 6.07) is 86.4. The largest absolute Gasteiger partial charge is 0.494 e. The predicted molar refractivity (Wildman–Crippen MR) is 539 cm³/mol. The van der Waals surface area contributed by atoms with E-state index in [4.69, 9.17) is 38.6 Å². The molecule has 0 fully saturated rings. The van der Waals surface area contributed by atoms with E-state index in [9.17, 15) is 0 Å². The molecule has 0 spiro atoms. The zero-order chi connectivity index (χ0) is 87.1. The van der Waals surface area contributed by atoms with Crippen LogP contribution in [0.5, 0.6) is 17.2 Å². The molecular weight excluding hydrogens is 1590 g/mol. The van der Waals surface area contributed by atoms with Gasteiger partial charge in [-0.25, -0.2) is 19.9 Å². The summed E-state index contributed by atoms with van der Waals surface area (Å²) in [6.07, 6.45) is 38.9. The van der Waals surface area contributed by atoms with E-state index in [1.165, 1.54) is 113 Å². The van der Waals surface area contributed by atoms with Crippen molar-refractivity contribution in [1.29, 1.82) is 0 Å². The molecule has 0 aliphatic carbocycles. The molecule has 11 heteroatoms. The Morgan fingerprint density at radius 1 is 0.250 bits per heavy atom. The molecule has 0 amide bonds. The highest BCUT2D eigenvalue weighted by atomic mass is 32.1. The zero-order valence-electron chi connectivity index (χ0n) is 74.4. The zero-order valence-corrected chi connectivity index (χ0v) is 75.2. The topological polar surface area (TPSA) is 124 Å². The maximum Gasteiger partial charge on any atom is 0.137 e. The lowest BCUT2D eigenvalue weighted by molar-refractivity contribution is 0.304. The average Bonchev–Trinajstić information content (AvgIpc) is 1.61. The van der Waals surface area contributed by atoms with Crippen LogP contribution < -0.4 is 14.2 Å². The number of aromatic nitrogens is 6. The number of aryl methyl sites for hydroxylation is 3. The number of furan rings is 1. The molecule has 8 aromatic carbocycles. The number of H-pyrrole nitrogens is 2. The van der Waals surface area contributed by atoms with Gasteiger partial charge in [-0.3, -0.25) is 0 Å². The number of rotatable bonds is 32. The lowest BCUT2D eigenvalue weighted by Crippen LogP contribution is -1.97. The van der Waals surface area contributed by atoms with E-state index in [1.807, 2.05) is 0 Å². The third-order valence-corrected chi connectivity index (χ3v) is 25.8. The summed E-state index contributed by atoms with van der Waals surface area (Å²) in [5, 5.41) is 0. The van der Waals surface area contributed by atoms with Gasteiger partial charge < -0.3 is 28.6 Å². The summed E-state index contributed by atoms with van der Waals surface area (Å²) in [5.41, 5.74) is 32.9. The molecule has 0 radical (unpaired) electrons. The van der Waals surface area contributed by atoms with Crippen LogP contribution in [0.15, 0.2) is 247 Å². The van der Waals surface area contributed by atoms with Crippen LogP contribution in [0.2, 0.25) is 0 Å². The highest BCUT2D eigenvalue weighted by Crippen LogP contribution is 2.45. The van der Waals surface area contributed by atoms with Gasteiger partial charge in [-0.1, -0.05) is 279 Å². The number of fused-ring (bicyclic) bond motifs is 16. The van der Waals surface area contributed by atoms with Crippen molar-refractivity contribution in [1.82, 2.24) is 29.9 Å². The smallest absolute Gasteiger partial charge is 0.137 e. The van der Waals surface area contributed by atoms with Gasteiger partial charge in [0.05, 0.1) is 76.5 Å². The summed E-state index contributed by atoms with van der Waals surface area (Å²) >= 11 is 1.75. The van der Waals surface area contributed by atoms with Gasteiger partial charge in [0.25, 0.3) is 0 Å². The standard InChI is InChI=1S/C117H110N6O4S/c1-7-10-13-16-19-22-75-124-91-53-47-85(48-54-91)112-96-61-62-97(119-96)113(86-49-55-92(56-50-86)125-76-23-20-17-14-11-8-2)101-66-70-105(123-101)117(90-51-57-93(58-52-90)126-77-24-21-18-15-12-9-3)109-74-73-108(128-109)116(104-69-65-100(112)122-104)89-45-35-82(36-46-89)32-31-81-33-43-88(44-34-81)115-103-68-64-99(121-103)111(84-39-27-79(5)28-40-84)95-60-59-94(118-95)110(83-37-25-78(4)26-38-83)98-63-67-102(120-98)114(106-71-72-107(115)127-106)87-41-29-80(6)30-42-87/h25-30,33-74,118-119H,7-24,75-77H2,1-6H3. The molecule has 4 aliphatic heterocycles. The number of hydrogen-bond acceptors (Lipinski definition) is 9. The van der Waals surface area contributed by atoms with Crippen LogP contribution in [0.4, 0.5) is 0 Å². The molecule has 16 bridgehead atoms. The minimum atomic E-state index is 0.675. The molecule has 6 aromatic heterocycles. The fourth-order valence-electron chi connectivity index (χ4n) is 17.7. The Bertz CT molecular complexity index is 6790. The molecule has 638 valence electrons. The average molecular weight is 1700 g/mol. The fraction of sp³-hybridized carbons (Fsp3) is 0.231. The van der Waals surface area contributed by atoms with Crippen molar-refractivity contribution in [2.75, 3.05) is 19.8 Å². The Hall–Kier alpha value is -13.7. The van der Waals surface area contributed by atoms with E-state index in [-0.39, 0.29) is 0 Å². The van der Waals surface area contributed by atoms with Crippen LogP contribution in [0.3, 0.4) is 0 Å². The molecule has 10 nitrogen and oxygen atoms in total. The molecule has 128 heavy (non-hydrogen) atoms. The number of aromatic amines is 2. The first-order chi connectivity index (χ1) is 63.0. The first-order valence-electron chi connectivity index (χ1n) is 46.3. The lowest BCUT2D eigenvalue weighted by atomic mass is 10.0. The number of benzene rings is 8. The highest BCUT2D eigenvalue weighted by Gasteiger charge is 2.24. The second-order valence-electron chi connectivity index (χ2n) is 34.2. The van der Waals surface area contributed by atoms with Gasteiger partial charge in [0.15, 0.2) is 0 Å². The Kier molecular flexibility index (Phi) is 26.8. The molecule has 10 heterocycles. The van der Waals surface area contributed by atoms with Crippen molar-refractivity contribution in [3.8, 4) is 118 Å². The fourth-order valence-corrected chi connectivity index (χ4v) is 18.9. The quantitative estimate of drug-likeness (QED) is 0.0316. The summed E-state index contributed by atoms with van der Waals surface area (Å²) in [5.74, 6) is 9.70. The van der Waals surface area contributed by atoms with Crippen molar-refractivity contribution in [3.05, 3.63) is 316 Å². The van der Waals surface area contributed by atoms with E-state index < -0.39 is 0 Å². The predicted octanol–water partition coefficient (Wildman–Crippen LogP) is 32.5. The maximum atomic E-state index is 7.23. The Morgan fingerprint density at radius 3 is 0.773 bits per heavy atom. The molecular formula is C117H110N6O4S. The SMILES string of the molecule is CCCCCCCCOc1ccc(-c2c3nc(c(-c4ccc(C#Cc5ccc(-c6c7nc(c(-c8ccc(C)cc8)c8ccc([nH]8)c(-c8ccc(C)cc8)c8nc(c(-c9ccc(C)cc9)c9ccc6o9)C=C8)C=C7)cc5)cc4)c4ccc(s4)c(-c4ccc(OCCCCCCCC)cc4)c4nc(c(-c5ccc(OCCCCCCCC)cc5)c5ccc2[nH]5)C=C4)C=C3)cc1. The third kappa shape index (κ3) is 19.6. The van der Waals surface area contributed by atoms with Crippen LogP contribution in [-0.4, -0.2) is 49.7 Å². The molecule has 0 atom stereocenters. The van der Waals surface area contributed by atoms with Gasteiger partial charge in [0, 0.05) is 76.0 Å². The van der Waals surface area contributed by atoms with E-state index in [0.717, 1.165) is 214 Å². The van der Waals surface area contributed by atoms with E-state index in [1.54, 1.807) is 11.3 Å². The first kappa shape index (κ1) is 85.1. The van der Waals surface area contributed by atoms with Crippen molar-refractivity contribution in [2.24, 2.45) is 0 Å². The van der Waals surface area contributed by atoms with Gasteiger partial charge in [-0.05, 0) is 242 Å². The van der Waals surface area contributed by atoms with Crippen LogP contribution in [0.1, 0.15) is 210 Å². The Morgan fingerprint density at radius 2 is 0.484 bits per heavy atom. The summed E-state index contributed by atoms with van der Waals surface area (Å²) < 4.78 is 28.6. The minimum Gasteiger partial charge on any atom is -0.494 e. The van der Waals surface area contributed by atoms with E-state index >= 15 is 0 Å². The van der Waals surface area contributed by atoms with Crippen molar-refractivity contribution < 1.29 is 18.6 Å². The monoisotopic (exact) mass is 1690 g/mol. The molecule has 0 unspecified atom stereocenters. The van der Waals surface area contributed by atoms with Gasteiger partial charge in [-0.2, -0.15) is 0 Å². The highest BCUT2D eigenvalue weighted by molar-refractivity contribution is 7.24. The number of unbranched alkanes of at least 4 members (excludes halogenated alkanes) is 15. The van der Waals surface area contributed by atoms with Gasteiger partial charge >= 0.3 is 0 Å². The third-order valence-electron chi connectivity index (χ3n) is 24.7. The number of nitrogens with zero attached hydrogens (tertiary/aromatic N) is 4. The lowest BCUT2D eigenvalue weighted by Gasteiger charge is -2.10. The molecule has 4 aliphatic rings. The summed E-state index contributed by atoms with van der Waals surface area (Å²) in [7, 11) is 0. The maximum absolute atomic E-state index is 7.23. The number of thiophene rings is 1. The molecule has 0 saturated carbocycles. The van der Waals surface area contributed by atoms with Gasteiger partial charge in [0.2, 0.25) is 0 Å². The number of ether oxygens (including phenoxy) is 3.